The van der Waals surface area contributed by atoms with Crippen molar-refractivity contribution in [3.8, 4) is 0 Å². The van der Waals surface area contributed by atoms with E-state index >= 15 is 0 Å². The molecule has 96 valence electrons. The van der Waals surface area contributed by atoms with E-state index in [2.05, 4.69) is 0 Å². The van der Waals surface area contributed by atoms with Gasteiger partial charge >= 0.3 is 8.25 Å². The monoisotopic (exact) mass is 251 g/mol. The quantitative estimate of drug-likeness (QED) is 0.558. The summed E-state index contributed by atoms with van der Waals surface area (Å²) in [5.41, 5.74) is 9.69. The first kappa shape index (κ1) is 15.9. The molecule has 0 aromatic heterocycles. The molecule has 16 heavy (non-hydrogen) atoms. The predicted octanol–water partition coefficient (Wildman–Crippen LogP) is 2.34. The first-order valence-corrected chi connectivity index (χ1v) is 6.52. The molecule has 0 aromatic rings. The van der Waals surface area contributed by atoms with Gasteiger partial charge in [0.2, 0.25) is 0 Å². The second-order valence-electron chi connectivity index (χ2n) is 5.08. The van der Waals surface area contributed by atoms with Gasteiger partial charge in [-0.05, 0) is 13.8 Å². The second-order valence-corrected chi connectivity index (χ2v) is 5.90. The molecule has 2 unspecified atom stereocenters. The first-order chi connectivity index (χ1) is 6.99. The molecule has 0 saturated heterocycles. The molecular weight excluding hydrogens is 227 g/mol. The zero-order valence-electron chi connectivity index (χ0n) is 11.0. The van der Waals surface area contributed by atoms with E-state index < -0.39 is 19.7 Å². The van der Waals surface area contributed by atoms with Crippen molar-refractivity contribution < 1.29 is 13.6 Å². The van der Waals surface area contributed by atoms with E-state index in [1.807, 2.05) is 27.7 Å². The molecular formula is C10H24N2O3P+. The van der Waals surface area contributed by atoms with Crippen molar-refractivity contribution in [2.24, 2.45) is 23.3 Å². The van der Waals surface area contributed by atoms with Gasteiger partial charge < -0.3 is 0 Å². The highest BCUT2D eigenvalue weighted by molar-refractivity contribution is 7.33. The van der Waals surface area contributed by atoms with E-state index in [0.717, 1.165) is 0 Å². The molecule has 0 bridgehead atoms. The maximum Gasteiger partial charge on any atom is 0.701 e. The van der Waals surface area contributed by atoms with Gasteiger partial charge in [-0.2, -0.15) is 0 Å². The molecule has 2 atom stereocenters. The highest BCUT2D eigenvalue weighted by atomic mass is 31.1. The Bertz CT molecular complexity index is 228. The highest BCUT2D eigenvalue weighted by Gasteiger charge is 2.43. The summed E-state index contributed by atoms with van der Waals surface area (Å²) in [4.78, 5) is 0. The molecule has 0 aromatic carbocycles. The van der Waals surface area contributed by atoms with Gasteiger partial charge in [0, 0.05) is 16.4 Å². The lowest BCUT2D eigenvalue weighted by Crippen LogP contribution is -2.45. The van der Waals surface area contributed by atoms with Crippen molar-refractivity contribution in [3.05, 3.63) is 0 Å². The molecule has 0 aliphatic rings. The smallest absolute Gasteiger partial charge is 0.299 e. The van der Waals surface area contributed by atoms with Crippen LogP contribution in [0.25, 0.3) is 0 Å². The summed E-state index contributed by atoms with van der Waals surface area (Å²) >= 11 is 0. The van der Waals surface area contributed by atoms with Gasteiger partial charge in [0.15, 0.2) is 11.4 Å². The van der Waals surface area contributed by atoms with Crippen LogP contribution < -0.4 is 11.5 Å². The molecule has 0 heterocycles. The molecule has 0 aliphatic heterocycles. The van der Waals surface area contributed by atoms with Crippen LogP contribution in [-0.4, -0.2) is 11.4 Å². The van der Waals surface area contributed by atoms with E-state index in [-0.39, 0.29) is 11.8 Å². The Morgan fingerprint density at radius 3 is 1.38 bits per heavy atom. The SMILES string of the molecule is CC(C)C(C)(N)O[P+](=O)OC(C)(N)C(C)C. The average molecular weight is 251 g/mol. The Hall–Kier alpha value is -0.0600. The highest BCUT2D eigenvalue weighted by Crippen LogP contribution is 2.37. The second kappa shape index (κ2) is 5.52. The van der Waals surface area contributed by atoms with E-state index in [1.54, 1.807) is 13.8 Å². The fraction of sp³-hybridized carbons (Fsp3) is 1.00. The topological polar surface area (TPSA) is 87.6 Å². The Labute approximate surface area is 98.8 Å². The van der Waals surface area contributed by atoms with E-state index in [4.69, 9.17) is 20.5 Å². The summed E-state index contributed by atoms with van der Waals surface area (Å²) in [6.45, 7) is 10.9. The third-order valence-corrected chi connectivity index (χ3v) is 3.92. The normalized spacial score (nSPS) is 20.8. The van der Waals surface area contributed by atoms with Crippen LogP contribution in [0.2, 0.25) is 0 Å². The van der Waals surface area contributed by atoms with Crippen molar-refractivity contribution in [2.75, 3.05) is 0 Å². The summed E-state index contributed by atoms with van der Waals surface area (Å²) in [5, 5.41) is 0. The van der Waals surface area contributed by atoms with E-state index in [9.17, 15) is 4.57 Å². The van der Waals surface area contributed by atoms with Crippen molar-refractivity contribution in [2.45, 2.75) is 53.0 Å². The lowest BCUT2D eigenvalue weighted by molar-refractivity contribution is -0.00755. The summed E-state index contributed by atoms with van der Waals surface area (Å²) in [5.74, 6) is 0.0521. The van der Waals surface area contributed by atoms with Crippen LogP contribution in [0.4, 0.5) is 0 Å². The third kappa shape index (κ3) is 4.85. The van der Waals surface area contributed by atoms with Crippen LogP contribution in [0.15, 0.2) is 0 Å². The number of rotatable bonds is 6. The van der Waals surface area contributed by atoms with Gasteiger partial charge in [-0.15, -0.1) is 0 Å². The van der Waals surface area contributed by atoms with Crippen molar-refractivity contribution in [1.82, 2.24) is 0 Å². The van der Waals surface area contributed by atoms with Crippen LogP contribution in [0, 0.1) is 11.8 Å². The molecule has 0 rings (SSSR count). The van der Waals surface area contributed by atoms with E-state index in [0.29, 0.717) is 0 Å². The summed E-state index contributed by atoms with van der Waals surface area (Å²) in [7, 11) is -2.32. The minimum atomic E-state index is -2.32. The van der Waals surface area contributed by atoms with Crippen LogP contribution in [0.1, 0.15) is 41.5 Å². The Kier molecular flexibility index (Phi) is 5.50. The van der Waals surface area contributed by atoms with Gasteiger partial charge in [0.1, 0.15) is 0 Å². The van der Waals surface area contributed by atoms with E-state index in [1.165, 1.54) is 0 Å². The van der Waals surface area contributed by atoms with Crippen LogP contribution >= 0.6 is 8.25 Å². The summed E-state index contributed by atoms with van der Waals surface area (Å²) < 4.78 is 22.0. The predicted molar refractivity (Wildman–Crippen MR) is 64.6 cm³/mol. The zero-order chi connectivity index (χ0) is 13.1. The van der Waals surface area contributed by atoms with Crippen molar-refractivity contribution in [3.63, 3.8) is 0 Å². The minimum absolute atomic E-state index is 0.0260. The first-order valence-electron chi connectivity index (χ1n) is 5.42. The maximum absolute atomic E-state index is 11.6. The summed E-state index contributed by atoms with van der Waals surface area (Å²) in [6, 6.07) is 0. The molecule has 5 nitrogen and oxygen atoms in total. The number of nitrogens with two attached hydrogens (primary N) is 2. The van der Waals surface area contributed by atoms with Gasteiger partial charge in [0.25, 0.3) is 0 Å². The molecule has 0 saturated carbocycles. The van der Waals surface area contributed by atoms with Crippen LogP contribution in [0.5, 0.6) is 0 Å². The average Bonchev–Trinajstić information content (AvgIpc) is 2.00. The molecule has 0 fully saturated rings. The zero-order valence-corrected chi connectivity index (χ0v) is 11.9. The van der Waals surface area contributed by atoms with Crippen LogP contribution in [0.3, 0.4) is 0 Å². The lowest BCUT2D eigenvalue weighted by Gasteiger charge is -2.24. The third-order valence-electron chi connectivity index (χ3n) is 2.84. The molecule has 0 amide bonds. The van der Waals surface area contributed by atoms with Gasteiger partial charge in [-0.1, -0.05) is 36.7 Å². The van der Waals surface area contributed by atoms with Crippen LogP contribution in [-0.2, 0) is 13.6 Å². The Morgan fingerprint density at radius 2 is 1.19 bits per heavy atom. The fourth-order valence-electron chi connectivity index (χ4n) is 0.551. The molecule has 0 spiro atoms. The minimum Gasteiger partial charge on any atom is -0.299 e. The molecule has 0 aliphatic carbocycles. The van der Waals surface area contributed by atoms with Gasteiger partial charge in [-0.25, -0.2) is 0 Å². The number of hydrogen-bond acceptors (Lipinski definition) is 5. The lowest BCUT2D eigenvalue weighted by atomic mass is 10.0. The largest absolute Gasteiger partial charge is 0.701 e. The number of hydrogen-bond donors (Lipinski definition) is 2. The summed E-state index contributed by atoms with van der Waals surface area (Å²) in [6.07, 6.45) is 0. The fourth-order valence-corrected chi connectivity index (χ4v) is 1.65. The van der Waals surface area contributed by atoms with Gasteiger partial charge in [0.05, 0.1) is 0 Å². The standard InChI is InChI=1S/C10H24N2O3P/c1-7(2)9(5,11)14-16(13)15-10(6,12)8(3)4/h7-8H,11-12H2,1-6H3/q+1. The molecule has 0 radical (unpaired) electrons. The van der Waals surface area contributed by atoms with Crippen molar-refractivity contribution in [1.29, 1.82) is 0 Å². The van der Waals surface area contributed by atoms with Gasteiger partial charge in [-0.3, -0.25) is 11.5 Å². The Morgan fingerprint density at radius 1 is 0.938 bits per heavy atom. The molecule has 6 heteroatoms. The molecule has 4 N–H and O–H groups in total. The maximum atomic E-state index is 11.6. The Balaban J connectivity index is 4.41. The van der Waals surface area contributed by atoms with Crippen molar-refractivity contribution >= 4 is 8.25 Å².